The van der Waals surface area contributed by atoms with Crippen LogP contribution in [0.5, 0.6) is 0 Å². The number of fused-ring (bicyclic) bond motifs is 1. The van der Waals surface area contributed by atoms with Crippen molar-refractivity contribution in [3.05, 3.63) is 54.2 Å². The second-order valence-corrected chi connectivity index (χ2v) is 3.90. The maximum Gasteiger partial charge on any atom is 0.140 e. The van der Waals surface area contributed by atoms with Crippen molar-refractivity contribution in [1.29, 1.82) is 0 Å². The van der Waals surface area contributed by atoms with Crippen LogP contribution in [0, 0.1) is 11.6 Å². The third-order valence-corrected chi connectivity index (χ3v) is 2.75. The first-order valence-corrected chi connectivity index (χ1v) is 5.35. The molecule has 0 radical (unpaired) electrons. The predicted molar refractivity (Wildman–Crippen MR) is 65.0 cm³/mol. The molecule has 0 aliphatic carbocycles. The fourth-order valence-electron chi connectivity index (χ4n) is 1.89. The Kier molecular flexibility index (Phi) is 2.26. The molecule has 3 nitrogen and oxygen atoms in total. The van der Waals surface area contributed by atoms with Crippen molar-refractivity contribution < 1.29 is 8.78 Å². The molecule has 0 unspecified atom stereocenters. The smallest absolute Gasteiger partial charge is 0.140 e. The van der Waals surface area contributed by atoms with Crippen LogP contribution in [0.25, 0.3) is 16.9 Å². The van der Waals surface area contributed by atoms with E-state index in [1.165, 1.54) is 28.8 Å². The molecule has 0 saturated carbocycles. The lowest BCUT2D eigenvalue weighted by Crippen LogP contribution is -1.95. The minimum absolute atomic E-state index is 0.217. The molecule has 2 heterocycles. The second kappa shape index (κ2) is 3.80. The van der Waals surface area contributed by atoms with Crippen LogP contribution in [-0.2, 0) is 0 Å². The molecule has 2 aromatic heterocycles. The highest BCUT2D eigenvalue weighted by atomic mass is 19.1. The third-order valence-electron chi connectivity index (χ3n) is 2.75. The zero-order chi connectivity index (χ0) is 12.7. The summed E-state index contributed by atoms with van der Waals surface area (Å²) in [5, 5.41) is 0. The van der Waals surface area contributed by atoms with E-state index in [4.69, 9.17) is 5.73 Å². The van der Waals surface area contributed by atoms with Gasteiger partial charge in [-0.1, -0.05) is 12.1 Å². The maximum atomic E-state index is 13.7. The Balaban J connectivity index is 2.31. The minimum Gasteiger partial charge on any atom is -0.383 e. The molecule has 0 amide bonds. The van der Waals surface area contributed by atoms with E-state index in [1.54, 1.807) is 18.2 Å². The Morgan fingerprint density at radius 3 is 2.61 bits per heavy atom. The quantitative estimate of drug-likeness (QED) is 0.716. The van der Waals surface area contributed by atoms with Crippen LogP contribution in [0.2, 0.25) is 0 Å². The van der Waals surface area contributed by atoms with Crippen LogP contribution < -0.4 is 5.73 Å². The van der Waals surface area contributed by atoms with Gasteiger partial charge >= 0.3 is 0 Å². The van der Waals surface area contributed by atoms with Gasteiger partial charge < -0.3 is 5.73 Å². The van der Waals surface area contributed by atoms with E-state index in [9.17, 15) is 8.78 Å². The van der Waals surface area contributed by atoms with Gasteiger partial charge in [0, 0.05) is 11.8 Å². The summed E-state index contributed by atoms with van der Waals surface area (Å²) in [7, 11) is 0. The van der Waals surface area contributed by atoms with E-state index in [0.717, 1.165) is 0 Å². The van der Waals surface area contributed by atoms with Crippen molar-refractivity contribution >= 4 is 11.5 Å². The first-order chi connectivity index (χ1) is 8.66. The summed E-state index contributed by atoms with van der Waals surface area (Å²) in [6.07, 6.45) is 1.22. The molecule has 3 aromatic rings. The van der Waals surface area contributed by atoms with E-state index in [-0.39, 0.29) is 5.82 Å². The first-order valence-electron chi connectivity index (χ1n) is 5.35. The molecular formula is C13H9F2N3. The van der Waals surface area contributed by atoms with Crippen molar-refractivity contribution in [2.75, 3.05) is 5.73 Å². The van der Waals surface area contributed by atoms with E-state index in [0.29, 0.717) is 16.9 Å². The number of hydrogen-bond acceptors (Lipinski definition) is 2. The molecule has 0 aliphatic rings. The van der Waals surface area contributed by atoms with Gasteiger partial charge in [0.05, 0.1) is 0 Å². The second-order valence-electron chi connectivity index (χ2n) is 3.90. The summed E-state index contributed by atoms with van der Waals surface area (Å²) in [6.45, 7) is 0. The van der Waals surface area contributed by atoms with E-state index in [2.05, 4.69) is 4.98 Å². The van der Waals surface area contributed by atoms with Crippen LogP contribution in [0.15, 0.2) is 42.6 Å². The Bertz CT molecular complexity index is 734. The van der Waals surface area contributed by atoms with Gasteiger partial charge in [-0.15, -0.1) is 0 Å². The van der Waals surface area contributed by atoms with Gasteiger partial charge in [0.2, 0.25) is 0 Å². The summed E-state index contributed by atoms with van der Waals surface area (Å²) in [5.74, 6) is -0.616. The van der Waals surface area contributed by atoms with Gasteiger partial charge in [-0.2, -0.15) is 0 Å². The molecule has 0 spiro atoms. The largest absolute Gasteiger partial charge is 0.383 e. The van der Waals surface area contributed by atoms with Crippen LogP contribution >= 0.6 is 0 Å². The summed E-state index contributed by atoms with van der Waals surface area (Å²) in [4.78, 5) is 4.22. The zero-order valence-electron chi connectivity index (χ0n) is 9.27. The number of pyridine rings is 1. The Hall–Kier alpha value is -2.43. The van der Waals surface area contributed by atoms with Crippen molar-refractivity contribution in [2.24, 2.45) is 0 Å². The number of aromatic nitrogens is 2. The van der Waals surface area contributed by atoms with Gasteiger partial charge in [0.15, 0.2) is 0 Å². The summed E-state index contributed by atoms with van der Waals surface area (Å²) in [5.41, 5.74) is 6.98. The highest BCUT2D eigenvalue weighted by Crippen LogP contribution is 2.28. The molecule has 2 N–H and O–H groups in total. The normalized spacial score (nSPS) is 11.0. The topological polar surface area (TPSA) is 43.3 Å². The van der Waals surface area contributed by atoms with Crippen LogP contribution in [0.3, 0.4) is 0 Å². The lowest BCUT2D eigenvalue weighted by Gasteiger charge is -2.00. The first kappa shape index (κ1) is 10.7. The number of nitrogens with zero attached hydrogens (tertiary/aromatic N) is 2. The third kappa shape index (κ3) is 1.52. The fourth-order valence-corrected chi connectivity index (χ4v) is 1.89. The van der Waals surface area contributed by atoms with Crippen LogP contribution in [-0.4, -0.2) is 9.38 Å². The number of imidazole rings is 1. The Morgan fingerprint density at radius 1 is 1.06 bits per heavy atom. The zero-order valence-corrected chi connectivity index (χ0v) is 9.27. The lowest BCUT2D eigenvalue weighted by molar-refractivity contribution is 0.619. The highest BCUT2D eigenvalue weighted by Gasteiger charge is 2.14. The summed E-state index contributed by atoms with van der Waals surface area (Å²) < 4.78 is 28.2. The number of nitrogen functional groups attached to an aromatic ring is 1. The molecule has 90 valence electrons. The van der Waals surface area contributed by atoms with Crippen molar-refractivity contribution in [2.45, 2.75) is 0 Å². The minimum atomic E-state index is -0.424. The molecule has 3 rings (SSSR count). The number of anilines is 1. The van der Waals surface area contributed by atoms with Gasteiger partial charge in [0.25, 0.3) is 0 Å². The van der Waals surface area contributed by atoms with Crippen LogP contribution in [0.4, 0.5) is 14.6 Å². The summed E-state index contributed by atoms with van der Waals surface area (Å²) >= 11 is 0. The number of hydrogen-bond donors (Lipinski definition) is 1. The maximum absolute atomic E-state index is 13.7. The van der Waals surface area contributed by atoms with Crippen molar-refractivity contribution in [3.8, 4) is 11.3 Å². The van der Waals surface area contributed by atoms with Gasteiger partial charge in [-0.05, 0) is 24.3 Å². The molecule has 0 saturated heterocycles. The van der Waals surface area contributed by atoms with E-state index >= 15 is 0 Å². The molecule has 0 bridgehead atoms. The van der Waals surface area contributed by atoms with E-state index < -0.39 is 11.6 Å². The summed E-state index contributed by atoms with van der Waals surface area (Å²) in [6, 6.07) is 8.99. The van der Waals surface area contributed by atoms with Gasteiger partial charge in [-0.25, -0.2) is 13.8 Å². The average Bonchev–Trinajstić information content (AvgIpc) is 2.68. The number of nitrogens with two attached hydrogens (primary N) is 1. The van der Waals surface area contributed by atoms with E-state index in [1.807, 2.05) is 0 Å². The predicted octanol–water partition coefficient (Wildman–Crippen LogP) is 2.86. The highest BCUT2D eigenvalue weighted by molar-refractivity contribution is 5.75. The standard InChI is InChI=1S/C13H9F2N3/c14-8-5-6-11-17-12(13(16)18(11)7-8)9-3-1-2-4-10(9)15/h1-7H,16H2. The monoisotopic (exact) mass is 245 g/mol. The molecule has 0 atom stereocenters. The van der Waals surface area contributed by atoms with Gasteiger partial charge in [0.1, 0.15) is 28.8 Å². The molecule has 1 aromatic carbocycles. The number of rotatable bonds is 1. The number of benzene rings is 1. The SMILES string of the molecule is Nc1c(-c2ccccc2F)nc2ccc(F)cn12. The average molecular weight is 245 g/mol. The molecule has 18 heavy (non-hydrogen) atoms. The number of halogens is 2. The molecule has 0 fully saturated rings. The molecular weight excluding hydrogens is 236 g/mol. The van der Waals surface area contributed by atoms with Crippen LogP contribution in [0.1, 0.15) is 0 Å². The lowest BCUT2D eigenvalue weighted by atomic mass is 10.1. The fraction of sp³-hybridized carbons (Fsp3) is 0. The molecule has 0 aliphatic heterocycles. The molecule has 5 heteroatoms. The van der Waals surface area contributed by atoms with Crippen molar-refractivity contribution in [3.63, 3.8) is 0 Å². The Labute approximate surface area is 101 Å². The van der Waals surface area contributed by atoms with Gasteiger partial charge in [-0.3, -0.25) is 4.40 Å². The van der Waals surface area contributed by atoms with Crippen molar-refractivity contribution in [1.82, 2.24) is 9.38 Å². The Morgan fingerprint density at radius 2 is 1.83 bits per heavy atom.